The second-order valence-electron chi connectivity index (χ2n) is 22.7. The van der Waals surface area contributed by atoms with Crippen LogP contribution in [0.15, 0.2) is 182 Å². The summed E-state index contributed by atoms with van der Waals surface area (Å²) in [5, 5.41) is 126. The Bertz CT molecular complexity index is 3260. The predicted octanol–water partition coefficient (Wildman–Crippen LogP) is 4.40. The van der Waals surface area contributed by atoms with Crippen molar-refractivity contribution in [2.24, 2.45) is 0 Å². The summed E-state index contributed by atoms with van der Waals surface area (Å²) in [4.78, 5) is 27.8. The monoisotopic (exact) mass is 1150 g/mol. The summed E-state index contributed by atoms with van der Waals surface area (Å²) < 4.78 is 0. The third kappa shape index (κ3) is 11.0. The molecule has 0 bridgehead atoms. The molecule has 0 saturated heterocycles. The number of hydrogen-bond donors (Lipinski definition) is 12. The molecule has 14 nitrogen and oxygen atoms in total. The van der Waals surface area contributed by atoms with Crippen LogP contribution in [0, 0.1) is 0 Å². The number of carbonyl (C=O) groups excluding carboxylic acids is 2. The topological polar surface area (TPSA) is 260 Å². The lowest BCUT2D eigenvalue weighted by molar-refractivity contribution is -0.279. The molecule has 0 aliphatic heterocycles. The van der Waals surface area contributed by atoms with Crippen LogP contribution < -0.4 is 42.5 Å². The van der Waals surface area contributed by atoms with E-state index in [-0.39, 0.29) is 13.1 Å². The Balaban J connectivity index is 1.34. The van der Waals surface area contributed by atoms with Crippen LogP contribution in [0.3, 0.4) is 0 Å². The molecule has 8 unspecified atom stereocenters. The van der Waals surface area contributed by atoms with Crippen molar-refractivity contribution in [1.29, 1.82) is 0 Å². The molecule has 8 rings (SSSR count). The number of amides is 2. The van der Waals surface area contributed by atoms with Crippen LogP contribution in [-0.2, 0) is 22.7 Å². The largest absolute Gasteiger partial charge is 0.393 e. The van der Waals surface area contributed by atoms with Crippen molar-refractivity contribution in [3.8, 4) is 11.1 Å². The predicted molar refractivity (Wildman–Crippen MR) is 327 cm³/mol. The molecular formula is C66H74N2O12P2. The number of rotatable bonds is 21. The molecule has 0 saturated carbocycles. The second kappa shape index (κ2) is 23.4. The number of fused-ring (bicyclic) bond motifs is 2. The molecule has 82 heavy (non-hydrogen) atoms. The summed E-state index contributed by atoms with van der Waals surface area (Å²) in [6.07, 6.45) is 0. The normalized spacial score (nSPS) is 18.0. The van der Waals surface area contributed by atoms with Gasteiger partial charge in [0.15, 0.2) is 11.2 Å². The molecule has 0 aliphatic carbocycles. The molecule has 0 fully saturated rings. The standard InChI is InChI=1S/C66H74N2O12P2/c1-59(73,41-69)63(5,77)65(7,79)61(3,75)57(71)67-39-43-29-33-51-45(37-43)31-35-53(81(47-21-13-9-14-22-47)48-23-15-10-16-24-48)55(51)56-52-34-30-44(40-68-58(72)62(4,76)66(8,80)64(6,78)60(2,74)42-70)38-46(52)32-36-54(56)82(49-25-17-11-18-26-49)50-27-19-12-20-28-50/h9-38,69-70,73-80H,39-42H2,1-8H3,(H,67,71)(H,68,72). The van der Waals surface area contributed by atoms with Gasteiger partial charge in [0.05, 0.1) is 13.2 Å². The highest BCUT2D eigenvalue weighted by atomic mass is 31.1. The molecule has 8 aromatic carbocycles. The van der Waals surface area contributed by atoms with Crippen molar-refractivity contribution in [2.45, 2.75) is 113 Å². The molecule has 16 heteroatoms. The molecule has 0 spiro atoms. The van der Waals surface area contributed by atoms with Crippen molar-refractivity contribution >= 4 is 81.0 Å². The van der Waals surface area contributed by atoms with Gasteiger partial charge in [-0.25, -0.2) is 0 Å². The van der Waals surface area contributed by atoms with Gasteiger partial charge in [0.1, 0.15) is 33.6 Å². The van der Waals surface area contributed by atoms with E-state index >= 15 is 0 Å². The van der Waals surface area contributed by atoms with E-state index < -0.39 is 85.7 Å². The molecule has 0 heterocycles. The summed E-state index contributed by atoms with van der Waals surface area (Å²) >= 11 is 0. The van der Waals surface area contributed by atoms with Crippen LogP contribution in [0.2, 0.25) is 0 Å². The summed E-state index contributed by atoms with van der Waals surface area (Å²) in [5.41, 5.74) is -17.2. The third-order valence-corrected chi connectivity index (χ3v) is 22.2. The number of aliphatic hydroxyl groups excluding tert-OH is 2. The lowest BCUT2D eigenvalue weighted by Crippen LogP contribution is -2.75. The van der Waals surface area contributed by atoms with Gasteiger partial charge in [0.2, 0.25) is 0 Å². The van der Waals surface area contributed by atoms with E-state index in [1.165, 1.54) is 0 Å². The van der Waals surface area contributed by atoms with Gasteiger partial charge in [0, 0.05) is 13.1 Å². The van der Waals surface area contributed by atoms with Crippen LogP contribution in [0.1, 0.15) is 66.5 Å². The minimum absolute atomic E-state index is 0.112. The fourth-order valence-electron chi connectivity index (χ4n) is 10.5. The Kier molecular flexibility index (Phi) is 17.6. The molecule has 430 valence electrons. The van der Waals surface area contributed by atoms with Gasteiger partial charge in [0.25, 0.3) is 11.8 Å². The first kappa shape index (κ1) is 61.7. The quantitative estimate of drug-likeness (QED) is 0.0447. The lowest BCUT2D eigenvalue weighted by atomic mass is 9.66. The van der Waals surface area contributed by atoms with E-state index in [9.17, 15) is 60.7 Å². The second-order valence-corrected chi connectivity index (χ2v) is 27.1. The molecule has 8 aromatic rings. The van der Waals surface area contributed by atoms with E-state index in [2.05, 4.69) is 83.4 Å². The zero-order valence-electron chi connectivity index (χ0n) is 47.3. The number of carbonyl (C=O) groups is 2. The minimum atomic E-state index is -2.67. The number of hydrogen-bond acceptors (Lipinski definition) is 12. The first-order valence-corrected chi connectivity index (χ1v) is 29.7. The van der Waals surface area contributed by atoms with Gasteiger partial charge < -0.3 is 61.7 Å². The van der Waals surface area contributed by atoms with E-state index in [0.717, 1.165) is 120 Å². The van der Waals surface area contributed by atoms with Crippen LogP contribution in [0.4, 0.5) is 0 Å². The third-order valence-electron chi connectivity index (χ3n) is 17.2. The minimum Gasteiger partial charge on any atom is -0.393 e. The maximum Gasteiger partial charge on any atom is 0.255 e. The van der Waals surface area contributed by atoms with Crippen molar-refractivity contribution in [2.75, 3.05) is 13.2 Å². The average Bonchev–Trinajstić information content (AvgIpc) is 3.07. The van der Waals surface area contributed by atoms with Crippen molar-refractivity contribution in [1.82, 2.24) is 10.6 Å². The van der Waals surface area contributed by atoms with Gasteiger partial charge in [-0.3, -0.25) is 9.59 Å². The SMILES string of the molecule is CC(O)(CO)C(C)(O)C(C)(O)C(C)(O)C(=O)NCc1ccc2c(-c3c(P(c4ccccc4)c4ccccc4)ccc4cc(CNC(=O)C(C)(O)C(C)(O)C(C)(O)C(C)(O)CO)ccc34)c(P(c3ccccc3)c3ccccc3)ccc2c1. The highest BCUT2D eigenvalue weighted by Crippen LogP contribution is 2.47. The number of benzene rings is 8. The summed E-state index contributed by atoms with van der Waals surface area (Å²) in [7, 11) is -2.56. The van der Waals surface area contributed by atoms with Gasteiger partial charge in [-0.15, -0.1) is 0 Å². The van der Waals surface area contributed by atoms with Gasteiger partial charge in [-0.2, -0.15) is 0 Å². The highest BCUT2D eigenvalue weighted by molar-refractivity contribution is 7.80. The van der Waals surface area contributed by atoms with E-state index in [0.29, 0.717) is 11.1 Å². The molecule has 0 radical (unpaired) electrons. The number of aliphatic hydroxyl groups is 10. The first-order chi connectivity index (χ1) is 38.5. The summed E-state index contributed by atoms with van der Waals surface area (Å²) in [6, 6.07) is 61.7. The fourth-order valence-corrected chi connectivity index (χ4v) is 15.4. The zero-order chi connectivity index (χ0) is 59.8. The molecule has 8 atom stereocenters. The van der Waals surface area contributed by atoms with E-state index in [4.69, 9.17) is 0 Å². The summed E-state index contributed by atoms with van der Waals surface area (Å²) in [6.45, 7) is 6.20. The van der Waals surface area contributed by atoms with E-state index in [1.807, 2.05) is 109 Å². The van der Waals surface area contributed by atoms with Crippen LogP contribution in [0.25, 0.3) is 32.7 Å². The van der Waals surface area contributed by atoms with Crippen molar-refractivity contribution in [3.63, 3.8) is 0 Å². The fraction of sp³-hybridized carbons (Fsp3) is 0.303. The molecule has 12 N–H and O–H groups in total. The molecule has 0 aliphatic rings. The Hall–Kier alpha value is -6.32. The first-order valence-electron chi connectivity index (χ1n) is 27.0. The maximum atomic E-state index is 13.9. The van der Waals surface area contributed by atoms with E-state index in [1.54, 1.807) is 0 Å². The molecule has 2 amide bonds. The van der Waals surface area contributed by atoms with Crippen molar-refractivity contribution < 1.29 is 60.7 Å². The van der Waals surface area contributed by atoms with Crippen molar-refractivity contribution in [3.05, 3.63) is 193 Å². The number of nitrogens with one attached hydrogen (secondary N) is 2. The maximum absolute atomic E-state index is 13.9. The average molecular weight is 1150 g/mol. The van der Waals surface area contributed by atoms with Crippen LogP contribution in [-0.4, -0.2) is 121 Å². The smallest absolute Gasteiger partial charge is 0.255 e. The zero-order valence-corrected chi connectivity index (χ0v) is 49.1. The molecule has 0 aromatic heterocycles. The van der Waals surface area contributed by atoms with Gasteiger partial charge in [-0.05, 0) is 159 Å². The Labute approximate surface area is 480 Å². The van der Waals surface area contributed by atoms with Gasteiger partial charge >= 0.3 is 0 Å². The lowest BCUT2D eigenvalue weighted by Gasteiger charge is -2.51. The van der Waals surface area contributed by atoms with Gasteiger partial charge in [-0.1, -0.05) is 170 Å². The Morgan fingerprint density at radius 1 is 0.378 bits per heavy atom. The molecular weight excluding hydrogens is 1070 g/mol. The summed E-state index contributed by atoms with van der Waals surface area (Å²) in [5.74, 6) is -2.07. The van der Waals surface area contributed by atoms with Crippen LogP contribution >= 0.6 is 15.8 Å². The highest BCUT2D eigenvalue weighted by Gasteiger charge is 2.65. The van der Waals surface area contributed by atoms with Crippen LogP contribution in [0.5, 0.6) is 0 Å². The Morgan fingerprint density at radius 2 is 0.659 bits per heavy atom. The Morgan fingerprint density at radius 3 is 0.927 bits per heavy atom.